The molecule has 6 nitrogen and oxygen atoms in total. The van der Waals surface area contributed by atoms with E-state index in [4.69, 9.17) is 9.26 Å². The van der Waals surface area contributed by atoms with Crippen molar-refractivity contribution in [1.29, 1.82) is 0 Å². The summed E-state index contributed by atoms with van der Waals surface area (Å²) < 4.78 is 24.2. The Morgan fingerprint density at radius 3 is 3.04 bits per heavy atom. The Bertz CT molecular complexity index is 951. The van der Waals surface area contributed by atoms with Crippen LogP contribution in [-0.4, -0.2) is 22.7 Å². The van der Waals surface area contributed by atoms with Gasteiger partial charge in [-0.25, -0.2) is 4.39 Å². The van der Waals surface area contributed by atoms with Crippen molar-refractivity contribution in [1.82, 2.24) is 10.1 Å². The highest BCUT2D eigenvalue weighted by Gasteiger charge is 2.27. The second kappa shape index (κ2) is 6.38. The number of aryl methyl sites for hydroxylation is 1. The molecule has 2 aromatic heterocycles. The summed E-state index contributed by atoms with van der Waals surface area (Å²) in [6.45, 7) is 2.82. The topological polar surface area (TPSA) is 77.2 Å². The zero-order chi connectivity index (χ0) is 17.4. The number of fused-ring (bicyclic) bond motifs is 1. The van der Waals surface area contributed by atoms with Crippen molar-refractivity contribution >= 4 is 22.2 Å². The number of hydrogen-bond acceptors (Lipinski definition) is 6. The fourth-order valence-corrected chi connectivity index (χ4v) is 3.92. The highest BCUT2D eigenvalue weighted by atomic mass is 32.1. The lowest BCUT2D eigenvalue weighted by molar-refractivity contribution is 0.102. The first-order valence-electron chi connectivity index (χ1n) is 7.71. The number of aromatic nitrogens is 2. The first kappa shape index (κ1) is 15.9. The van der Waals surface area contributed by atoms with Crippen molar-refractivity contribution in [3.8, 4) is 11.5 Å². The molecule has 0 atom stereocenters. The fraction of sp³-hybridized carbons (Fsp3) is 0.235. The number of ether oxygens (including phenoxy) is 1. The fourth-order valence-electron chi connectivity index (χ4n) is 2.75. The Morgan fingerprint density at radius 1 is 1.40 bits per heavy atom. The highest BCUT2D eigenvalue weighted by Crippen LogP contribution is 2.42. The molecule has 0 spiro atoms. The van der Waals surface area contributed by atoms with E-state index in [9.17, 15) is 9.18 Å². The summed E-state index contributed by atoms with van der Waals surface area (Å²) in [7, 11) is 0. The van der Waals surface area contributed by atoms with E-state index in [0.29, 0.717) is 36.4 Å². The quantitative estimate of drug-likeness (QED) is 0.773. The van der Waals surface area contributed by atoms with Gasteiger partial charge in [0.2, 0.25) is 0 Å². The van der Waals surface area contributed by atoms with Crippen LogP contribution < -0.4 is 5.32 Å². The minimum atomic E-state index is -0.459. The van der Waals surface area contributed by atoms with Crippen molar-refractivity contribution in [2.45, 2.75) is 20.0 Å². The number of amides is 1. The monoisotopic (exact) mass is 359 g/mol. The number of anilines is 1. The van der Waals surface area contributed by atoms with Gasteiger partial charge in [0, 0.05) is 10.4 Å². The molecule has 0 fully saturated rings. The highest BCUT2D eigenvalue weighted by molar-refractivity contribution is 7.17. The van der Waals surface area contributed by atoms with E-state index in [2.05, 4.69) is 15.5 Å². The molecule has 4 rings (SSSR count). The third-order valence-electron chi connectivity index (χ3n) is 3.88. The second-order valence-electron chi connectivity index (χ2n) is 5.62. The number of nitrogens with zero attached hydrogens (tertiary/aromatic N) is 2. The van der Waals surface area contributed by atoms with Crippen LogP contribution in [0.2, 0.25) is 0 Å². The Hall–Kier alpha value is -2.58. The Morgan fingerprint density at radius 2 is 2.28 bits per heavy atom. The number of hydrogen-bond donors (Lipinski definition) is 1. The van der Waals surface area contributed by atoms with Crippen molar-refractivity contribution in [3.63, 3.8) is 0 Å². The van der Waals surface area contributed by atoms with Gasteiger partial charge in [-0.15, -0.1) is 11.3 Å². The zero-order valence-corrected chi connectivity index (χ0v) is 14.2. The third-order valence-corrected chi connectivity index (χ3v) is 5.00. The summed E-state index contributed by atoms with van der Waals surface area (Å²) in [4.78, 5) is 17.8. The maximum Gasteiger partial charge on any atom is 0.261 e. The van der Waals surface area contributed by atoms with Crippen LogP contribution in [-0.2, 0) is 17.8 Å². The van der Waals surface area contributed by atoms with Crippen molar-refractivity contribution in [3.05, 3.63) is 51.9 Å². The molecule has 3 aromatic rings. The SMILES string of the molecule is Cc1noc(-c2c(NC(=O)c3cccc(F)c3)sc3c2CCOC3)n1. The Kier molecular flexibility index (Phi) is 4.06. The second-order valence-corrected chi connectivity index (χ2v) is 6.73. The minimum absolute atomic E-state index is 0.246. The number of rotatable bonds is 3. The van der Waals surface area contributed by atoms with Crippen LogP contribution in [0.15, 0.2) is 28.8 Å². The third kappa shape index (κ3) is 3.06. The molecule has 3 heterocycles. The predicted octanol–water partition coefficient (Wildman–Crippen LogP) is 3.57. The van der Waals surface area contributed by atoms with E-state index in [0.717, 1.165) is 16.0 Å². The van der Waals surface area contributed by atoms with Gasteiger partial charge in [0.25, 0.3) is 11.8 Å². The lowest BCUT2D eigenvalue weighted by atomic mass is 10.1. The van der Waals surface area contributed by atoms with Gasteiger partial charge in [0.1, 0.15) is 10.8 Å². The standard InChI is InChI=1S/C17H14FN3O3S/c1-9-19-16(24-21-9)14-12-5-6-23-8-13(12)25-17(14)20-15(22)10-3-2-4-11(18)7-10/h2-4,7H,5-6,8H2,1H3,(H,20,22). The summed E-state index contributed by atoms with van der Waals surface area (Å²) in [6.07, 6.45) is 0.707. The molecule has 1 amide bonds. The normalized spacial score (nSPS) is 13.5. The first-order valence-corrected chi connectivity index (χ1v) is 8.53. The van der Waals surface area contributed by atoms with Gasteiger partial charge in [0.15, 0.2) is 5.82 Å². The molecule has 0 saturated heterocycles. The van der Waals surface area contributed by atoms with E-state index in [1.165, 1.54) is 29.5 Å². The summed E-state index contributed by atoms with van der Waals surface area (Å²) in [6, 6.07) is 5.55. The summed E-state index contributed by atoms with van der Waals surface area (Å²) in [5, 5.41) is 7.29. The molecule has 1 aromatic carbocycles. The number of halogens is 1. The van der Waals surface area contributed by atoms with Crippen LogP contribution >= 0.6 is 11.3 Å². The van der Waals surface area contributed by atoms with E-state index >= 15 is 0 Å². The largest absolute Gasteiger partial charge is 0.376 e. The molecular weight excluding hydrogens is 345 g/mol. The van der Waals surface area contributed by atoms with Gasteiger partial charge < -0.3 is 14.6 Å². The molecule has 0 radical (unpaired) electrons. The lowest BCUT2D eigenvalue weighted by Gasteiger charge is -2.12. The number of nitrogens with one attached hydrogen (secondary N) is 1. The van der Waals surface area contributed by atoms with E-state index < -0.39 is 11.7 Å². The molecule has 1 aliphatic heterocycles. The molecule has 0 bridgehead atoms. The molecule has 25 heavy (non-hydrogen) atoms. The number of benzene rings is 1. The number of carbonyl (C=O) groups is 1. The Balaban J connectivity index is 1.74. The van der Waals surface area contributed by atoms with Crippen LogP contribution in [0.25, 0.3) is 11.5 Å². The van der Waals surface area contributed by atoms with Crippen LogP contribution in [0.5, 0.6) is 0 Å². The van der Waals surface area contributed by atoms with Crippen LogP contribution in [0.3, 0.4) is 0 Å². The van der Waals surface area contributed by atoms with Crippen molar-refractivity contribution in [2.75, 3.05) is 11.9 Å². The van der Waals surface area contributed by atoms with Gasteiger partial charge in [-0.3, -0.25) is 4.79 Å². The van der Waals surface area contributed by atoms with E-state index in [1.54, 1.807) is 13.0 Å². The van der Waals surface area contributed by atoms with Crippen LogP contribution in [0.1, 0.15) is 26.6 Å². The van der Waals surface area contributed by atoms with E-state index in [-0.39, 0.29) is 5.56 Å². The number of carbonyl (C=O) groups excluding carboxylic acids is 1. The number of thiophene rings is 1. The van der Waals surface area contributed by atoms with Gasteiger partial charge >= 0.3 is 0 Å². The average molecular weight is 359 g/mol. The van der Waals surface area contributed by atoms with Gasteiger partial charge in [-0.05, 0) is 37.1 Å². The van der Waals surface area contributed by atoms with E-state index in [1.807, 2.05) is 0 Å². The Labute approximate surface area is 146 Å². The minimum Gasteiger partial charge on any atom is -0.376 e. The van der Waals surface area contributed by atoms with Crippen LogP contribution in [0.4, 0.5) is 9.39 Å². The maximum atomic E-state index is 13.4. The van der Waals surface area contributed by atoms with Crippen molar-refractivity contribution < 1.29 is 18.4 Å². The van der Waals surface area contributed by atoms with Crippen molar-refractivity contribution in [2.24, 2.45) is 0 Å². The zero-order valence-electron chi connectivity index (χ0n) is 13.3. The van der Waals surface area contributed by atoms with Crippen LogP contribution in [0, 0.1) is 12.7 Å². The van der Waals surface area contributed by atoms with Gasteiger partial charge in [0.05, 0.1) is 18.8 Å². The van der Waals surface area contributed by atoms with Gasteiger partial charge in [-0.2, -0.15) is 4.98 Å². The van der Waals surface area contributed by atoms with Gasteiger partial charge in [-0.1, -0.05) is 11.2 Å². The molecule has 0 unspecified atom stereocenters. The lowest BCUT2D eigenvalue weighted by Crippen LogP contribution is -2.12. The average Bonchev–Trinajstić information content (AvgIpc) is 3.17. The smallest absolute Gasteiger partial charge is 0.261 e. The molecule has 0 aliphatic carbocycles. The maximum absolute atomic E-state index is 13.4. The molecule has 0 saturated carbocycles. The molecular formula is C17H14FN3O3S. The summed E-state index contributed by atoms with van der Waals surface area (Å²) >= 11 is 1.41. The molecule has 128 valence electrons. The summed E-state index contributed by atoms with van der Waals surface area (Å²) in [5.74, 6) is 0.0339. The molecule has 1 N–H and O–H groups in total. The summed E-state index contributed by atoms with van der Waals surface area (Å²) in [5.41, 5.74) is 2.03. The molecule has 1 aliphatic rings. The first-order chi connectivity index (χ1) is 12.1. The molecule has 8 heteroatoms. The predicted molar refractivity (Wildman–Crippen MR) is 90.1 cm³/mol.